The van der Waals surface area contributed by atoms with Crippen LogP contribution in [0.5, 0.6) is 0 Å². The molecule has 0 aliphatic carbocycles. The molecule has 3 aliphatic rings. The number of hydrogen-bond acceptors (Lipinski definition) is 2. The van der Waals surface area contributed by atoms with Crippen molar-refractivity contribution in [3.63, 3.8) is 0 Å². The van der Waals surface area contributed by atoms with Gasteiger partial charge in [0.2, 0.25) is 6.71 Å². The Labute approximate surface area is 504 Å². The Balaban J connectivity index is 1.25. The highest BCUT2D eigenvalue weighted by atomic mass is 32.2. The van der Waals surface area contributed by atoms with Crippen LogP contribution in [-0.2, 0) is 21.7 Å². The Morgan fingerprint density at radius 3 is 1.37 bits per heavy atom. The summed E-state index contributed by atoms with van der Waals surface area (Å²) in [5.41, 5.74) is 17.9. The van der Waals surface area contributed by atoms with Crippen molar-refractivity contribution in [2.24, 2.45) is 0 Å². The second-order valence-electron chi connectivity index (χ2n) is 25.3. The highest BCUT2D eigenvalue weighted by Gasteiger charge is 2.54. The van der Waals surface area contributed by atoms with E-state index in [1.807, 2.05) is 30.3 Å². The third kappa shape index (κ3) is 8.45. The number of fused-ring (bicyclic) bond motifs is 10. The quantitative estimate of drug-likeness (QED) is 0.153. The molecule has 0 radical (unpaired) electrons. The fourth-order valence-electron chi connectivity index (χ4n) is 13.0. The van der Waals surface area contributed by atoms with E-state index in [-0.39, 0.29) is 51.5 Å². The molecule has 14 rings (SSSR count). The molecule has 82 heavy (non-hydrogen) atoms. The fourth-order valence-corrected chi connectivity index (χ4v) is 14.2. The smallest absolute Gasteiger partial charge is 0.247 e. The van der Waals surface area contributed by atoms with Gasteiger partial charge in [0.25, 0.3) is 0 Å². The lowest BCUT2D eigenvalue weighted by atomic mass is 9.29. The SMILES string of the molecule is [2H]c1c([2H])c([2H])c(-c2ccc3c(c2)B2c4ccc(-c5c([2H])c([2H])c([2H])c([2H])c5[2H])cc4N(c4c(-c5ccccc5)cc(C(C)(C)C)cc4-c4ccccc4)c4cc(-c5cc(C(C)(C)C)cc(C(C)(C)C)c5)cc(c42)C32c3ccccc3Sc3ccccc32)c([2H])c1[2H]. The van der Waals surface area contributed by atoms with E-state index in [0.29, 0.717) is 16.8 Å². The molecule has 0 atom stereocenters. The average Bonchev–Trinajstić information content (AvgIpc) is 0.666. The normalized spacial score (nSPS) is 15.6. The van der Waals surface area contributed by atoms with Gasteiger partial charge in [-0.3, -0.25) is 0 Å². The number of rotatable bonds is 6. The molecule has 3 aliphatic heterocycles. The van der Waals surface area contributed by atoms with Crippen molar-refractivity contribution in [1.29, 1.82) is 0 Å². The third-order valence-corrected chi connectivity index (χ3v) is 18.3. The van der Waals surface area contributed by atoms with Gasteiger partial charge in [0.15, 0.2) is 0 Å². The van der Waals surface area contributed by atoms with Crippen LogP contribution in [0.25, 0.3) is 55.6 Å². The van der Waals surface area contributed by atoms with Crippen molar-refractivity contribution in [2.75, 3.05) is 4.90 Å². The Morgan fingerprint density at radius 1 is 0.366 bits per heavy atom. The summed E-state index contributed by atoms with van der Waals surface area (Å²) in [7, 11) is 0. The van der Waals surface area contributed by atoms with Crippen LogP contribution in [-0.4, -0.2) is 6.71 Å². The predicted molar refractivity (Wildman–Crippen MR) is 351 cm³/mol. The summed E-state index contributed by atoms with van der Waals surface area (Å²) in [4.78, 5) is 4.58. The van der Waals surface area contributed by atoms with E-state index in [2.05, 4.69) is 225 Å². The van der Waals surface area contributed by atoms with E-state index in [4.69, 9.17) is 8.22 Å². The van der Waals surface area contributed by atoms with Gasteiger partial charge in [0.1, 0.15) is 0 Å². The maximum Gasteiger partial charge on any atom is 0.247 e. The van der Waals surface area contributed by atoms with Crippen molar-refractivity contribution in [3.05, 3.63) is 287 Å². The molecule has 0 unspecified atom stereocenters. The highest BCUT2D eigenvalue weighted by molar-refractivity contribution is 7.99. The van der Waals surface area contributed by atoms with Crippen LogP contribution in [0.15, 0.2) is 258 Å². The van der Waals surface area contributed by atoms with Crippen molar-refractivity contribution in [1.82, 2.24) is 0 Å². The highest BCUT2D eigenvalue weighted by Crippen LogP contribution is 2.59. The van der Waals surface area contributed by atoms with E-state index >= 15 is 0 Å². The van der Waals surface area contributed by atoms with Gasteiger partial charge in [-0.25, -0.2) is 0 Å². The van der Waals surface area contributed by atoms with E-state index in [1.54, 1.807) is 11.8 Å². The average molecular weight is 1080 g/mol. The van der Waals surface area contributed by atoms with Crippen molar-refractivity contribution in [2.45, 2.75) is 93.8 Å². The Bertz CT molecular complexity index is 4730. The summed E-state index contributed by atoms with van der Waals surface area (Å²) in [5.74, 6) is 0. The molecule has 0 N–H and O–H groups in total. The van der Waals surface area contributed by atoms with Gasteiger partial charge in [0.05, 0.1) is 24.8 Å². The molecule has 1 spiro atoms. The molecular weight excluding hydrogens is 1010 g/mol. The number of anilines is 3. The zero-order valence-corrected chi connectivity index (χ0v) is 48.6. The molecule has 3 heteroatoms. The topological polar surface area (TPSA) is 3.24 Å². The van der Waals surface area contributed by atoms with Gasteiger partial charge >= 0.3 is 0 Å². The minimum absolute atomic E-state index is 0.0710. The lowest BCUT2D eigenvalue weighted by Gasteiger charge is -2.51. The lowest BCUT2D eigenvalue weighted by Crippen LogP contribution is -2.65. The van der Waals surface area contributed by atoms with E-state index in [9.17, 15) is 5.48 Å². The third-order valence-electron chi connectivity index (χ3n) is 17.2. The monoisotopic (exact) mass is 1080 g/mol. The summed E-state index contributed by atoms with van der Waals surface area (Å²) in [6.45, 7) is 19.7. The summed E-state index contributed by atoms with van der Waals surface area (Å²) in [5, 5.41) is 0. The zero-order valence-electron chi connectivity index (χ0n) is 57.8. The van der Waals surface area contributed by atoms with Crippen LogP contribution in [0.4, 0.5) is 17.1 Å². The van der Waals surface area contributed by atoms with Crippen LogP contribution in [0, 0.1) is 0 Å². The number of hydrogen-bond donors (Lipinski definition) is 0. The molecular formula is C79H68BNS. The lowest BCUT2D eigenvalue weighted by molar-refractivity contribution is 0.569. The minimum atomic E-state index is -1.05. The van der Waals surface area contributed by atoms with Gasteiger partial charge in [-0.2, -0.15) is 0 Å². The van der Waals surface area contributed by atoms with Crippen LogP contribution in [0.3, 0.4) is 0 Å². The van der Waals surface area contributed by atoms with E-state index in [1.165, 1.54) is 11.1 Å². The molecule has 0 saturated carbocycles. The molecule has 0 amide bonds. The van der Waals surface area contributed by atoms with Gasteiger partial charge in [-0.1, -0.05) is 286 Å². The molecule has 398 valence electrons. The van der Waals surface area contributed by atoms with E-state index < -0.39 is 48.4 Å². The fraction of sp³-hybridized carbons (Fsp3) is 0.165. The summed E-state index contributed by atoms with van der Waals surface area (Å²) in [6.07, 6.45) is 0. The summed E-state index contributed by atoms with van der Waals surface area (Å²) < 4.78 is 91.4. The van der Waals surface area contributed by atoms with Gasteiger partial charge < -0.3 is 4.90 Å². The Hall–Kier alpha value is -8.37. The second kappa shape index (κ2) is 19.4. The molecule has 0 bridgehead atoms. The number of benzene rings is 11. The Morgan fingerprint density at radius 2 is 0.829 bits per heavy atom. The molecule has 11 aromatic carbocycles. The maximum atomic E-state index is 9.53. The summed E-state index contributed by atoms with van der Waals surface area (Å²) >= 11 is 1.75. The summed E-state index contributed by atoms with van der Waals surface area (Å²) in [6, 6.07) is 63.1. The molecule has 3 heterocycles. The van der Waals surface area contributed by atoms with E-state index in [0.717, 1.165) is 98.8 Å². The predicted octanol–water partition coefficient (Wildman–Crippen LogP) is 19.4. The van der Waals surface area contributed by atoms with Crippen LogP contribution < -0.4 is 21.3 Å². The molecule has 1 nitrogen and oxygen atoms in total. The first-order valence-electron chi connectivity index (χ1n) is 33.4. The largest absolute Gasteiger partial charge is 0.310 e. The van der Waals surface area contributed by atoms with Crippen molar-refractivity contribution < 1.29 is 13.7 Å². The van der Waals surface area contributed by atoms with Gasteiger partial charge in [-0.05, 0) is 153 Å². The molecule has 0 saturated heterocycles. The minimum Gasteiger partial charge on any atom is -0.310 e. The van der Waals surface area contributed by atoms with Gasteiger partial charge in [0, 0.05) is 32.3 Å². The molecule has 0 aromatic heterocycles. The van der Waals surface area contributed by atoms with Crippen LogP contribution in [0.1, 0.15) is 115 Å². The number of nitrogens with zero attached hydrogens (tertiary/aromatic N) is 1. The second-order valence-corrected chi connectivity index (χ2v) is 26.4. The zero-order chi connectivity index (χ0) is 65.0. The molecule has 11 aromatic rings. The first-order chi connectivity index (χ1) is 43.7. The maximum absolute atomic E-state index is 9.53. The molecule has 0 fully saturated rings. The standard InChI is InChI=1S/C79H68BNS/c1-76(2,3)59-42-57(43-60(48-59)77(4,5)6)58-44-67-74-71(47-58)81(75-62(53-30-18-12-19-31-53)49-61(78(7,8)9)50-63(75)54-32-20-13-21-33-54)70-46-56(52-28-16-11-17-29-52)39-41-68(70)80(74)69-45-55(51-26-14-10-15-27-51)38-40-64(69)79(67)65-34-22-24-36-72(65)82-73-37-25-23-35-66(73)79/h10-50H,1-9H3/i10D,11D,14D,15D,16D,17D,26D,27D,28D,29D. The van der Waals surface area contributed by atoms with Crippen LogP contribution in [0.2, 0.25) is 0 Å². The van der Waals surface area contributed by atoms with Crippen molar-refractivity contribution >= 4 is 51.9 Å². The first-order valence-corrected chi connectivity index (χ1v) is 29.3. The van der Waals surface area contributed by atoms with Gasteiger partial charge in [-0.15, -0.1) is 0 Å². The first kappa shape index (κ1) is 41.6. The van der Waals surface area contributed by atoms with Crippen LogP contribution >= 0.6 is 11.8 Å². The van der Waals surface area contributed by atoms with Crippen molar-refractivity contribution in [3.8, 4) is 55.6 Å². The Kier molecular flexibility index (Phi) is 9.84.